The van der Waals surface area contributed by atoms with Crippen molar-refractivity contribution in [3.8, 4) is 5.75 Å². The van der Waals surface area contributed by atoms with Gasteiger partial charge in [-0.1, -0.05) is 11.6 Å². The SMILES string of the molecule is COc1cc(F)c(C2(N=C=O)CC2)cc1Cl. The van der Waals surface area contributed by atoms with Crippen LogP contribution in [0.1, 0.15) is 18.4 Å². The molecule has 0 atom stereocenters. The lowest BCUT2D eigenvalue weighted by atomic mass is 10.0. The molecule has 0 unspecified atom stereocenters. The number of nitrogens with zero attached hydrogens (tertiary/aromatic N) is 1. The molecule has 0 heterocycles. The van der Waals surface area contributed by atoms with E-state index in [1.807, 2.05) is 0 Å². The Bertz CT molecular complexity index is 479. The maximum absolute atomic E-state index is 13.7. The molecule has 3 nitrogen and oxygen atoms in total. The molecule has 1 aliphatic carbocycles. The molecular weight excluding hydrogens is 233 g/mol. The third kappa shape index (κ3) is 1.70. The van der Waals surface area contributed by atoms with Gasteiger partial charge in [-0.25, -0.2) is 9.18 Å². The van der Waals surface area contributed by atoms with Crippen molar-refractivity contribution in [2.24, 2.45) is 4.99 Å². The van der Waals surface area contributed by atoms with E-state index in [9.17, 15) is 9.18 Å². The lowest BCUT2D eigenvalue weighted by Crippen LogP contribution is -2.06. The third-order valence-electron chi connectivity index (χ3n) is 2.73. The first-order valence-corrected chi connectivity index (χ1v) is 5.13. The minimum atomic E-state index is -0.748. The maximum Gasteiger partial charge on any atom is 0.235 e. The van der Waals surface area contributed by atoms with Gasteiger partial charge in [-0.2, -0.15) is 4.99 Å². The fraction of sp³-hybridized carbons (Fsp3) is 0.364. The molecule has 84 valence electrons. The van der Waals surface area contributed by atoms with Crippen molar-refractivity contribution >= 4 is 17.7 Å². The molecule has 0 amide bonds. The highest BCUT2D eigenvalue weighted by Crippen LogP contribution is 2.51. The van der Waals surface area contributed by atoms with Crippen LogP contribution in [0.2, 0.25) is 5.02 Å². The zero-order valence-corrected chi connectivity index (χ0v) is 9.34. The maximum atomic E-state index is 13.7. The van der Waals surface area contributed by atoms with Crippen LogP contribution < -0.4 is 4.74 Å². The quantitative estimate of drug-likeness (QED) is 0.603. The van der Waals surface area contributed by atoms with Crippen LogP contribution in [0.15, 0.2) is 17.1 Å². The van der Waals surface area contributed by atoms with Gasteiger partial charge in [-0.3, -0.25) is 0 Å². The Kier molecular flexibility index (Phi) is 2.70. The number of rotatable bonds is 3. The molecule has 0 bridgehead atoms. The fourth-order valence-corrected chi connectivity index (χ4v) is 1.93. The van der Waals surface area contributed by atoms with Crippen LogP contribution >= 0.6 is 11.6 Å². The van der Waals surface area contributed by atoms with Gasteiger partial charge in [0.05, 0.1) is 12.1 Å². The number of methoxy groups -OCH3 is 1. The van der Waals surface area contributed by atoms with E-state index >= 15 is 0 Å². The number of halogens is 2. The normalized spacial score (nSPS) is 16.4. The number of ether oxygens (including phenoxy) is 1. The molecule has 0 radical (unpaired) electrons. The van der Waals surface area contributed by atoms with Crippen LogP contribution in [-0.4, -0.2) is 13.2 Å². The van der Waals surface area contributed by atoms with Gasteiger partial charge < -0.3 is 4.74 Å². The summed E-state index contributed by atoms with van der Waals surface area (Å²) in [5.41, 5.74) is -0.413. The van der Waals surface area contributed by atoms with E-state index in [0.717, 1.165) is 0 Å². The van der Waals surface area contributed by atoms with Crippen LogP contribution in [0.25, 0.3) is 0 Å². The van der Waals surface area contributed by atoms with Crippen molar-refractivity contribution in [1.82, 2.24) is 0 Å². The Morgan fingerprint density at radius 3 is 2.75 bits per heavy atom. The van der Waals surface area contributed by atoms with E-state index in [4.69, 9.17) is 16.3 Å². The van der Waals surface area contributed by atoms with E-state index in [0.29, 0.717) is 23.4 Å². The van der Waals surface area contributed by atoms with Gasteiger partial charge in [0.2, 0.25) is 6.08 Å². The number of benzene rings is 1. The predicted octanol–water partition coefficient (Wildman–Crippen LogP) is 2.81. The molecule has 0 aliphatic heterocycles. The Hall–Kier alpha value is -1.38. The summed E-state index contributed by atoms with van der Waals surface area (Å²) < 4.78 is 18.6. The van der Waals surface area contributed by atoms with Gasteiger partial charge in [0, 0.05) is 11.6 Å². The molecule has 1 saturated carbocycles. The van der Waals surface area contributed by atoms with Crippen LogP contribution in [-0.2, 0) is 10.3 Å². The second-order valence-corrected chi connectivity index (χ2v) is 4.11. The first kappa shape index (κ1) is 11.1. The van der Waals surface area contributed by atoms with Gasteiger partial charge in [0.1, 0.15) is 17.1 Å². The molecule has 1 aliphatic rings. The molecule has 1 aromatic carbocycles. The third-order valence-corrected chi connectivity index (χ3v) is 3.02. The van der Waals surface area contributed by atoms with Gasteiger partial charge >= 0.3 is 0 Å². The van der Waals surface area contributed by atoms with Gasteiger partial charge in [0.25, 0.3) is 0 Å². The number of hydrogen-bond donors (Lipinski definition) is 0. The summed E-state index contributed by atoms with van der Waals surface area (Å²) in [4.78, 5) is 13.9. The Labute approximate surface area is 96.9 Å². The monoisotopic (exact) mass is 241 g/mol. The highest BCUT2D eigenvalue weighted by molar-refractivity contribution is 6.32. The highest BCUT2D eigenvalue weighted by Gasteiger charge is 2.47. The largest absolute Gasteiger partial charge is 0.495 e. The predicted molar refractivity (Wildman–Crippen MR) is 57.0 cm³/mol. The molecular formula is C11H9ClFNO2. The number of isocyanates is 1. The topological polar surface area (TPSA) is 38.7 Å². The molecule has 0 N–H and O–H groups in total. The Morgan fingerprint density at radius 1 is 1.56 bits per heavy atom. The van der Waals surface area contributed by atoms with E-state index in [2.05, 4.69) is 4.99 Å². The van der Waals surface area contributed by atoms with E-state index < -0.39 is 11.4 Å². The molecule has 16 heavy (non-hydrogen) atoms. The molecule has 1 aromatic rings. The molecule has 0 aromatic heterocycles. The van der Waals surface area contributed by atoms with Crippen LogP contribution in [0.3, 0.4) is 0 Å². The van der Waals surface area contributed by atoms with Crippen LogP contribution in [0, 0.1) is 5.82 Å². The summed E-state index contributed by atoms with van der Waals surface area (Å²) >= 11 is 5.90. The first-order chi connectivity index (χ1) is 7.63. The lowest BCUT2D eigenvalue weighted by Gasteiger charge is -2.12. The van der Waals surface area contributed by atoms with Gasteiger partial charge in [-0.15, -0.1) is 0 Å². The van der Waals surface area contributed by atoms with E-state index in [-0.39, 0.29) is 5.75 Å². The summed E-state index contributed by atoms with van der Waals surface area (Å²) in [5.74, 6) is -0.188. The smallest absolute Gasteiger partial charge is 0.235 e. The summed E-state index contributed by atoms with van der Waals surface area (Å²) in [6.07, 6.45) is 2.76. The Morgan fingerprint density at radius 2 is 2.25 bits per heavy atom. The number of aliphatic imine (C=N–C) groups is 1. The zero-order valence-electron chi connectivity index (χ0n) is 8.59. The van der Waals surface area contributed by atoms with E-state index in [1.165, 1.54) is 25.3 Å². The number of hydrogen-bond acceptors (Lipinski definition) is 3. The van der Waals surface area contributed by atoms with Crippen molar-refractivity contribution in [2.45, 2.75) is 18.4 Å². The summed E-state index contributed by atoms with van der Waals surface area (Å²) in [7, 11) is 1.41. The van der Waals surface area contributed by atoms with Gasteiger partial charge in [-0.05, 0) is 18.9 Å². The summed E-state index contributed by atoms with van der Waals surface area (Å²) in [6.45, 7) is 0. The fourth-order valence-electron chi connectivity index (χ4n) is 1.69. The van der Waals surface area contributed by atoms with Crippen molar-refractivity contribution in [3.63, 3.8) is 0 Å². The minimum absolute atomic E-state index is 0.272. The molecule has 5 heteroatoms. The first-order valence-electron chi connectivity index (χ1n) is 4.75. The van der Waals surface area contributed by atoms with E-state index in [1.54, 1.807) is 0 Å². The summed E-state index contributed by atoms with van der Waals surface area (Å²) in [6, 6.07) is 2.67. The van der Waals surface area contributed by atoms with Crippen molar-refractivity contribution < 1.29 is 13.9 Å². The van der Waals surface area contributed by atoms with Crippen LogP contribution in [0.4, 0.5) is 4.39 Å². The molecule has 0 spiro atoms. The Balaban J connectivity index is 2.50. The van der Waals surface area contributed by atoms with Crippen LogP contribution in [0.5, 0.6) is 5.75 Å². The standard InChI is InChI=1S/C11H9ClFNO2/c1-16-10-5-9(13)7(4-8(10)12)11(2-3-11)14-6-15/h4-5H,2-3H2,1H3. The number of carbonyl (C=O) groups excluding carboxylic acids is 1. The van der Waals surface area contributed by atoms with Crippen molar-refractivity contribution in [1.29, 1.82) is 0 Å². The average Bonchev–Trinajstić information content (AvgIpc) is 3.02. The highest BCUT2D eigenvalue weighted by atomic mass is 35.5. The second-order valence-electron chi connectivity index (χ2n) is 3.70. The molecule has 2 rings (SSSR count). The van der Waals surface area contributed by atoms with Crippen molar-refractivity contribution in [2.75, 3.05) is 7.11 Å². The van der Waals surface area contributed by atoms with Crippen molar-refractivity contribution in [3.05, 3.63) is 28.5 Å². The summed E-state index contributed by atoms with van der Waals surface area (Å²) in [5, 5.41) is 0.311. The second kappa shape index (κ2) is 3.89. The lowest BCUT2D eigenvalue weighted by molar-refractivity contribution is 0.410. The van der Waals surface area contributed by atoms with Gasteiger partial charge in [0.15, 0.2) is 0 Å². The molecule has 1 fully saturated rings. The zero-order chi connectivity index (χ0) is 11.8. The molecule has 0 saturated heterocycles. The minimum Gasteiger partial charge on any atom is -0.495 e. The average molecular weight is 242 g/mol.